The lowest BCUT2D eigenvalue weighted by atomic mass is 10.1. The fraction of sp³-hybridized carbons (Fsp3) is 0.250. The van der Waals surface area contributed by atoms with E-state index in [0.717, 1.165) is 0 Å². The summed E-state index contributed by atoms with van der Waals surface area (Å²) < 4.78 is 26.2. The number of aromatic nitrogens is 2. The van der Waals surface area contributed by atoms with Gasteiger partial charge in [0, 0.05) is 22.6 Å². The molecule has 7 heteroatoms. The van der Waals surface area contributed by atoms with Crippen molar-refractivity contribution in [3.05, 3.63) is 22.6 Å². The molecule has 0 aliphatic rings. The predicted molar refractivity (Wildman–Crippen MR) is 73.8 cm³/mol. The maximum Gasteiger partial charge on any atom is 0.197 e. The molecule has 0 saturated heterocycles. The van der Waals surface area contributed by atoms with Crippen molar-refractivity contribution in [3.63, 3.8) is 0 Å². The molecule has 0 aliphatic carbocycles. The summed E-state index contributed by atoms with van der Waals surface area (Å²) in [6.07, 6.45) is 1.59. The predicted octanol–water partition coefficient (Wildman–Crippen LogP) is 2.59. The first kappa shape index (κ1) is 13.7. The first-order valence-corrected chi connectivity index (χ1v) is 6.18. The van der Waals surface area contributed by atoms with E-state index in [2.05, 4.69) is 21.0 Å². The number of hydrogen-bond donors (Lipinski definition) is 1. The highest BCUT2D eigenvalue weighted by atomic mass is 79.9. The van der Waals surface area contributed by atoms with E-state index in [1.54, 1.807) is 13.2 Å². The van der Waals surface area contributed by atoms with Crippen molar-refractivity contribution in [1.29, 1.82) is 0 Å². The molecule has 2 rings (SSSR count). The molecule has 19 heavy (non-hydrogen) atoms. The highest BCUT2D eigenvalue weighted by Crippen LogP contribution is 2.46. The minimum absolute atomic E-state index is 0.0314. The summed E-state index contributed by atoms with van der Waals surface area (Å²) in [7, 11) is 4.55. The van der Waals surface area contributed by atoms with Crippen LogP contribution in [-0.4, -0.2) is 24.0 Å². The van der Waals surface area contributed by atoms with Crippen molar-refractivity contribution < 1.29 is 13.9 Å². The summed E-state index contributed by atoms with van der Waals surface area (Å²) in [6.45, 7) is 0. The van der Waals surface area contributed by atoms with Crippen LogP contribution in [0.3, 0.4) is 0 Å². The second kappa shape index (κ2) is 5.08. The molecule has 0 atom stereocenters. The average Bonchev–Trinajstić information content (AvgIpc) is 2.69. The fourth-order valence-corrected chi connectivity index (χ4v) is 2.45. The van der Waals surface area contributed by atoms with Crippen LogP contribution in [0.4, 0.5) is 10.2 Å². The molecule has 2 aromatic rings. The van der Waals surface area contributed by atoms with Gasteiger partial charge in [-0.2, -0.15) is 5.10 Å². The quantitative estimate of drug-likeness (QED) is 0.940. The van der Waals surface area contributed by atoms with Gasteiger partial charge < -0.3 is 15.2 Å². The standard InChI is InChI=1S/C12H13BrFN3O2/c1-17-12(15)6(5-16-17)9-7(13)4-8(14)10(18-2)11(9)19-3/h4-5H,15H2,1-3H3. The lowest BCUT2D eigenvalue weighted by Gasteiger charge is -2.15. The monoisotopic (exact) mass is 329 g/mol. The smallest absolute Gasteiger partial charge is 0.197 e. The van der Waals surface area contributed by atoms with Gasteiger partial charge in [-0.05, 0) is 22.0 Å². The molecule has 0 unspecified atom stereocenters. The Morgan fingerprint density at radius 1 is 1.32 bits per heavy atom. The highest BCUT2D eigenvalue weighted by Gasteiger charge is 2.23. The molecule has 1 aromatic carbocycles. The van der Waals surface area contributed by atoms with Crippen LogP contribution in [0.2, 0.25) is 0 Å². The largest absolute Gasteiger partial charge is 0.492 e. The average molecular weight is 330 g/mol. The number of ether oxygens (including phenoxy) is 2. The van der Waals surface area contributed by atoms with Gasteiger partial charge in [-0.1, -0.05) is 0 Å². The van der Waals surface area contributed by atoms with Crippen LogP contribution in [0, 0.1) is 5.82 Å². The zero-order valence-electron chi connectivity index (χ0n) is 10.7. The zero-order valence-corrected chi connectivity index (χ0v) is 12.3. The first-order valence-electron chi connectivity index (χ1n) is 5.39. The maximum atomic E-state index is 13.8. The van der Waals surface area contributed by atoms with E-state index in [4.69, 9.17) is 15.2 Å². The van der Waals surface area contributed by atoms with Crippen LogP contribution in [0.5, 0.6) is 11.5 Å². The van der Waals surface area contributed by atoms with Crippen LogP contribution in [0.15, 0.2) is 16.7 Å². The van der Waals surface area contributed by atoms with Gasteiger partial charge in [-0.15, -0.1) is 0 Å². The number of nitrogens with two attached hydrogens (primary N) is 1. The number of anilines is 1. The van der Waals surface area contributed by atoms with Crippen molar-refractivity contribution >= 4 is 21.7 Å². The van der Waals surface area contributed by atoms with E-state index < -0.39 is 5.82 Å². The molecule has 102 valence electrons. The van der Waals surface area contributed by atoms with Crippen molar-refractivity contribution in [3.8, 4) is 22.6 Å². The molecule has 1 heterocycles. The van der Waals surface area contributed by atoms with E-state index >= 15 is 0 Å². The lowest BCUT2D eigenvalue weighted by molar-refractivity contribution is 0.338. The van der Waals surface area contributed by atoms with Crippen LogP contribution in [-0.2, 0) is 7.05 Å². The van der Waals surface area contributed by atoms with Gasteiger partial charge in [-0.25, -0.2) is 4.39 Å². The minimum atomic E-state index is -0.516. The molecule has 0 spiro atoms. The second-order valence-electron chi connectivity index (χ2n) is 3.85. The van der Waals surface area contributed by atoms with Gasteiger partial charge in [0.1, 0.15) is 5.82 Å². The Bertz CT molecular complexity index is 628. The Labute approximate surface area is 118 Å². The van der Waals surface area contributed by atoms with Gasteiger partial charge in [-0.3, -0.25) is 4.68 Å². The first-order chi connectivity index (χ1) is 9.01. The molecular weight excluding hydrogens is 317 g/mol. The number of aryl methyl sites for hydroxylation is 1. The Hall–Kier alpha value is -1.76. The topological polar surface area (TPSA) is 62.3 Å². The van der Waals surface area contributed by atoms with Crippen LogP contribution < -0.4 is 15.2 Å². The normalized spacial score (nSPS) is 10.6. The number of nitrogens with zero attached hydrogens (tertiary/aromatic N) is 2. The third kappa shape index (κ3) is 2.14. The molecule has 1 aromatic heterocycles. The third-order valence-electron chi connectivity index (χ3n) is 2.80. The summed E-state index contributed by atoms with van der Waals surface area (Å²) in [5.41, 5.74) is 7.19. The number of halogens is 2. The van der Waals surface area contributed by atoms with Gasteiger partial charge >= 0.3 is 0 Å². The van der Waals surface area contributed by atoms with Gasteiger partial charge in [0.05, 0.1) is 20.4 Å². The molecule has 0 aliphatic heterocycles. The van der Waals surface area contributed by atoms with E-state index in [1.807, 2.05) is 0 Å². The Kier molecular flexibility index (Phi) is 3.66. The van der Waals surface area contributed by atoms with E-state index in [9.17, 15) is 4.39 Å². The Morgan fingerprint density at radius 3 is 2.42 bits per heavy atom. The lowest BCUT2D eigenvalue weighted by Crippen LogP contribution is -2.01. The van der Waals surface area contributed by atoms with E-state index in [-0.39, 0.29) is 11.5 Å². The molecular formula is C12H13BrFN3O2. The van der Waals surface area contributed by atoms with E-state index in [0.29, 0.717) is 21.4 Å². The summed E-state index contributed by atoms with van der Waals surface area (Å²) in [4.78, 5) is 0. The van der Waals surface area contributed by atoms with Crippen LogP contribution >= 0.6 is 15.9 Å². The van der Waals surface area contributed by atoms with Crippen LogP contribution in [0.25, 0.3) is 11.1 Å². The molecule has 0 amide bonds. The number of hydrogen-bond acceptors (Lipinski definition) is 4. The van der Waals surface area contributed by atoms with Crippen molar-refractivity contribution in [2.75, 3.05) is 20.0 Å². The number of methoxy groups -OCH3 is 2. The Morgan fingerprint density at radius 2 is 1.95 bits per heavy atom. The van der Waals surface area contributed by atoms with Crippen LogP contribution in [0.1, 0.15) is 0 Å². The highest BCUT2D eigenvalue weighted by molar-refractivity contribution is 9.10. The molecule has 0 fully saturated rings. The van der Waals surface area contributed by atoms with Crippen molar-refractivity contribution in [1.82, 2.24) is 9.78 Å². The maximum absolute atomic E-state index is 13.8. The number of nitrogen functional groups attached to an aromatic ring is 1. The molecule has 2 N–H and O–H groups in total. The van der Waals surface area contributed by atoms with Crippen molar-refractivity contribution in [2.24, 2.45) is 7.05 Å². The molecule has 0 radical (unpaired) electrons. The van der Waals surface area contributed by atoms with E-state index in [1.165, 1.54) is 25.0 Å². The molecule has 5 nitrogen and oxygen atoms in total. The van der Waals surface area contributed by atoms with Gasteiger partial charge in [0.15, 0.2) is 17.3 Å². The van der Waals surface area contributed by atoms with Gasteiger partial charge in [0.25, 0.3) is 0 Å². The summed E-state index contributed by atoms with van der Waals surface area (Å²) >= 11 is 3.31. The number of benzene rings is 1. The zero-order chi connectivity index (χ0) is 14.2. The SMILES string of the molecule is COc1c(F)cc(Br)c(-c2cnn(C)c2N)c1OC. The second-order valence-corrected chi connectivity index (χ2v) is 4.70. The number of rotatable bonds is 3. The fourth-order valence-electron chi connectivity index (χ4n) is 1.85. The van der Waals surface area contributed by atoms with Crippen molar-refractivity contribution in [2.45, 2.75) is 0 Å². The molecule has 0 saturated carbocycles. The minimum Gasteiger partial charge on any atom is -0.492 e. The Balaban J connectivity index is 2.79. The van der Waals surface area contributed by atoms with Gasteiger partial charge in [0.2, 0.25) is 0 Å². The summed E-state index contributed by atoms with van der Waals surface area (Å²) in [6, 6.07) is 1.31. The molecule has 0 bridgehead atoms. The third-order valence-corrected chi connectivity index (χ3v) is 3.43. The summed E-state index contributed by atoms with van der Waals surface area (Å²) in [5.74, 6) is 0.239. The summed E-state index contributed by atoms with van der Waals surface area (Å²) in [5, 5.41) is 4.07.